The maximum absolute atomic E-state index is 12.7. The van der Waals surface area contributed by atoms with Crippen LogP contribution in [0.4, 0.5) is 11.4 Å². The van der Waals surface area contributed by atoms with Gasteiger partial charge in [0.2, 0.25) is 0 Å². The van der Waals surface area contributed by atoms with Crippen LogP contribution in [0.25, 0.3) is 0 Å². The quantitative estimate of drug-likeness (QED) is 0.475. The number of nitrogen functional groups attached to an aromatic ring is 1. The number of carbonyl (C=O) groups is 1. The van der Waals surface area contributed by atoms with Gasteiger partial charge in [0, 0.05) is 18.7 Å². The highest BCUT2D eigenvalue weighted by Gasteiger charge is 2.31. The largest absolute Gasteiger partial charge is 0.336 e. The molecule has 7 heteroatoms. The Morgan fingerprint density at radius 1 is 1.52 bits per heavy atom. The van der Waals surface area contributed by atoms with Crippen LogP contribution < -0.4 is 11.3 Å². The second kappa shape index (κ2) is 6.09. The molecular formula is C14H20N4O3. The Bertz CT molecular complexity index is 555. The number of nitro benzene ring substituents is 1. The second-order valence-corrected chi connectivity index (χ2v) is 5.60. The van der Waals surface area contributed by atoms with Crippen molar-refractivity contribution >= 4 is 17.3 Å². The molecule has 0 bridgehead atoms. The lowest BCUT2D eigenvalue weighted by Gasteiger charge is -2.27. The van der Waals surface area contributed by atoms with Gasteiger partial charge in [-0.1, -0.05) is 6.07 Å². The van der Waals surface area contributed by atoms with Crippen molar-refractivity contribution in [2.75, 3.05) is 12.0 Å². The van der Waals surface area contributed by atoms with Crippen LogP contribution in [0.2, 0.25) is 0 Å². The zero-order valence-corrected chi connectivity index (χ0v) is 12.2. The molecule has 0 atom stereocenters. The summed E-state index contributed by atoms with van der Waals surface area (Å²) in [7, 11) is 0. The van der Waals surface area contributed by atoms with Crippen molar-refractivity contribution in [3.8, 4) is 0 Å². The summed E-state index contributed by atoms with van der Waals surface area (Å²) in [6.45, 7) is 4.56. The van der Waals surface area contributed by atoms with Crippen LogP contribution in [-0.2, 0) is 0 Å². The van der Waals surface area contributed by atoms with Crippen molar-refractivity contribution in [3.63, 3.8) is 0 Å². The molecule has 2 rings (SSSR count). The van der Waals surface area contributed by atoms with Gasteiger partial charge in [-0.25, -0.2) is 0 Å². The minimum absolute atomic E-state index is 0.0305. The first-order valence-corrected chi connectivity index (χ1v) is 7.00. The summed E-state index contributed by atoms with van der Waals surface area (Å²) in [6.07, 6.45) is 2.26. The molecule has 21 heavy (non-hydrogen) atoms. The molecule has 1 aromatic rings. The van der Waals surface area contributed by atoms with Gasteiger partial charge in [-0.15, -0.1) is 0 Å². The van der Waals surface area contributed by atoms with Gasteiger partial charge < -0.3 is 10.3 Å². The number of anilines is 1. The molecule has 1 amide bonds. The van der Waals surface area contributed by atoms with Crippen LogP contribution in [0.5, 0.6) is 0 Å². The van der Waals surface area contributed by atoms with Gasteiger partial charge in [-0.05, 0) is 38.7 Å². The minimum Gasteiger partial charge on any atom is -0.336 e. The van der Waals surface area contributed by atoms with Gasteiger partial charge in [0.15, 0.2) is 0 Å². The monoisotopic (exact) mass is 292 g/mol. The standard InChI is InChI=1S/C14H20N4O3/c1-9(2)17(8-10-6-7-10)14(19)11-4-3-5-12(18(20)21)13(11)16-15/h3-5,9-10,16H,6-8,15H2,1-2H3. The number of nitrogens with two attached hydrogens (primary N) is 1. The number of hydrogen-bond donors (Lipinski definition) is 2. The molecule has 0 spiro atoms. The van der Waals surface area contributed by atoms with E-state index in [-0.39, 0.29) is 28.9 Å². The van der Waals surface area contributed by atoms with Crippen molar-refractivity contribution in [1.29, 1.82) is 0 Å². The van der Waals surface area contributed by atoms with Gasteiger partial charge in [0.05, 0.1) is 10.5 Å². The molecule has 1 aliphatic rings. The van der Waals surface area contributed by atoms with Crippen LogP contribution in [-0.4, -0.2) is 28.3 Å². The topological polar surface area (TPSA) is 102 Å². The summed E-state index contributed by atoms with van der Waals surface area (Å²) in [5.41, 5.74) is 2.41. The molecule has 0 saturated heterocycles. The summed E-state index contributed by atoms with van der Waals surface area (Å²) < 4.78 is 0. The fourth-order valence-corrected chi connectivity index (χ4v) is 2.28. The van der Waals surface area contributed by atoms with Crippen molar-refractivity contribution < 1.29 is 9.72 Å². The third-order valence-electron chi connectivity index (χ3n) is 3.65. The molecule has 7 nitrogen and oxygen atoms in total. The minimum atomic E-state index is -0.549. The first-order valence-electron chi connectivity index (χ1n) is 7.00. The maximum atomic E-state index is 12.7. The lowest BCUT2D eigenvalue weighted by atomic mass is 10.1. The number of carbonyl (C=O) groups excluding carboxylic acids is 1. The van der Waals surface area contributed by atoms with Crippen molar-refractivity contribution in [2.24, 2.45) is 11.8 Å². The molecule has 1 aromatic carbocycles. The number of para-hydroxylation sites is 1. The lowest BCUT2D eigenvalue weighted by molar-refractivity contribution is -0.384. The number of benzene rings is 1. The predicted molar refractivity (Wildman–Crippen MR) is 79.8 cm³/mol. The number of nitro groups is 1. The molecule has 0 radical (unpaired) electrons. The first kappa shape index (κ1) is 15.2. The zero-order valence-electron chi connectivity index (χ0n) is 12.2. The SMILES string of the molecule is CC(C)N(CC1CC1)C(=O)c1cccc([N+](=O)[O-])c1NN. The molecule has 0 unspecified atom stereocenters. The van der Waals surface area contributed by atoms with Gasteiger partial charge >= 0.3 is 0 Å². The Morgan fingerprint density at radius 2 is 2.19 bits per heavy atom. The molecule has 3 N–H and O–H groups in total. The molecule has 1 aliphatic carbocycles. The summed E-state index contributed by atoms with van der Waals surface area (Å²) in [5.74, 6) is 5.71. The fraction of sp³-hybridized carbons (Fsp3) is 0.500. The van der Waals surface area contributed by atoms with E-state index in [2.05, 4.69) is 5.43 Å². The third-order valence-corrected chi connectivity index (χ3v) is 3.65. The third kappa shape index (κ3) is 3.30. The van der Waals surface area contributed by atoms with E-state index in [1.807, 2.05) is 13.8 Å². The predicted octanol–water partition coefficient (Wildman–Crippen LogP) is 2.14. The molecule has 0 aliphatic heterocycles. The Morgan fingerprint density at radius 3 is 2.67 bits per heavy atom. The molecule has 1 saturated carbocycles. The van der Waals surface area contributed by atoms with E-state index in [1.54, 1.807) is 11.0 Å². The van der Waals surface area contributed by atoms with Crippen LogP contribution >= 0.6 is 0 Å². The van der Waals surface area contributed by atoms with E-state index in [4.69, 9.17) is 5.84 Å². The van der Waals surface area contributed by atoms with Crippen LogP contribution in [0.3, 0.4) is 0 Å². The molecule has 1 fully saturated rings. The maximum Gasteiger partial charge on any atom is 0.294 e. The average Bonchev–Trinajstić information content (AvgIpc) is 3.26. The summed E-state index contributed by atoms with van der Waals surface area (Å²) in [6, 6.07) is 4.42. The molecule has 0 heterocycles. The number of nitrogens with one attached hydrogen (secondary N) is 1. The highest BCUT2D eigenvalue weighted by atomic mass is 16.6. The second-order valence-electron chi connectivity index (χ2n) is 5.60. The Kier molecular flexibility index (Phi) is 4.42. The number of hydrogen-bond acceptors (Lipinski definition) is 5. The summed E-state index contributed by atoms with van der Waals surface area (Å²) >= 11 is 0. The van der Waals surface area contributed by atoms with Crippen LogP contribution in [0.1, 0.15) is 37.0 Å². The number of nitrogens with zero attached hydrogens (tertiary/aromatic N) is 2. The Balaban J connectivity index is 2.36. The first-order chi connectivity index (χ1) is 9.95. The van der Waals surface area contributed by atoms with Crippen molar-refractivity contribution in [2.45, 2.75) is 32.7 Å². The average molecular weight is 292 g/mol. The van der Waals surface area contributed by atoms with E-state index in [1.165, 1.54) is 12.1 Å². The van der Waals surface area contributed by atoms with Gasteiger partial charge in [-0.3, -0.25) is 20.8 Å². The highest BCUT2D eigenvalue weighted by Crippen LogP contribution is 2.33. The van der Waals surface area contributed by atoms with Crippen LogP contribution in [0.15, 0.2) is 18.2 Å². The molecular weight excluding hydrogens is 272 g/mol. The van der Waals surface area contributed by atoms with Crippen molar-refractivity contribution in [3.05, 3.63) is 33.9 Å². The van der Waals surface area contributed by atoms with Gasteiger partial charge in [0.1, 0.15) is 5.69 Å². The number of hydrazine groups is 1. The highest BCUT2D eigenvalue weighted by molar-refractivity contribution is 6.01. The van der Waals surface area contributed by atoms with E-state index >= 15 is 0 Å². The van der Waals surface area contributed by atoms with Gasteiger partial charge in [0.25, 0.3) is 11.6 Å². The van der Waals surface area contributed by atoms with E-state index < -0.39 is 4.92 Å². The smallest absolute Gasteiger partial charge is 0.294 e. The lowest BCUT2D eigenvalue weighted by Crippen LogP contribution is -2.39. The molecule has 114 valence electrons. The molecule has 0 aromatic heterocycles. The fourth-order valence-electron chi connectivity index (χ4n) is 2.28. The van der Waals surface area contributed by atoms with E-state index in [0.29, 0.717) is 12.5 Å². The van der Waals surface area contributed by atoms with E-state index in [0.717, 1.165) is 12.8 Å². The van der Waals surface area contributed by atoms with E-state index in [9.17, 15) is 14.9 Å². The van der Waals surface area contributed by atoms with Gasteiger partial charge in [-0.2, -0.15) is 0 Å². The Labute approximate surface area is 123 Å². The number of rotatable bonds is 6. The summed E-state index contributed by atoms with van der Waals surface area (Å²) in [4.78, 5) is 24.9. The normalized spacial score (nSPS) is 14.1. The van der Waals surface area contributed by atoms with Crippen molar-refractivity contribution in [1.82, 2.24) is 4.90 Å². The van der Waals surface area contributed by atoms with Crippen LogP contribution in [0, 0.1) is 16.0 Å². The number of amides is 1. The Hall–Kier alpha value is -2.15. The zero-order chi connectivity index (χ0) is 15.6. The summed E-state index contributed by atoms with van der Waals surface area (Å²) in [5, 5.41) is 11.0.